The van der Waals surface area contributed by atoms with Gasteiger partial charge in [0, 0.05) is 47.4 Å². The summed E-state index contributed by atoms with van der Waals surface area (Å²) in [5.74, 6) is 0.281. The molecule has 2 saturated heterocycles. The molecule has 2 aromatic carbocycles. The molecule has 3 unspecified atom stereocenters. The Morgan fingerprint density at radius 1 is 1.15 bits per heavy atom. The highest BCUT2D eigenvalue weighted by atomic mass is 32.2. The van der Waals surface area contributed by atoms with Crippen molar-refractivity contribution in [1.82, 2.24) is 15.5 Å². The number of ether oxygens (including phenoxy) is 5. The Morgan fingerprint density at radius 3 is 2.63 bits per heavy atom. The monoisotopic (exact) mass is 655 g/mol. The quantitative estimate of drug-likeness (QED) is 0.280. The van der Waals surface area contributed by atoms with Gasteiger partial charge >= 0.3 is 11.9 Å². The number of methoxy groups -OCH3 is 1. The third kappa shape index (κ3) is 4.60. The van der Waals surface area contributed by atoms with Crippen LogP contribution in [0.15, 0.2) is 6.07 Å². The molecular weight excluding hydrogens is 618 g/mol. The lowest BCUT2D eigenvalue weighted by atomic mass is 9.74. The van der Waals surface area contributed by atoms with Crippen LogP contribution in [-0.4, -0.2) is 83.6 Å². The molecule has 7 atom stereocenters. The minimum absolute atomic E-state index is 0.0181. The number of hydrogen-bond donors (Lipinski definition) is 4. The lowest BCUT2D eigenvalue weighted by Gasteiger charge is -2.59. The van der Waals surface area contributed by atoms with Gasteiger partial charge in [-0.05, 0) is 31.4 Å². The summed E-state index contributed by atoms with van der Waals surface area (Å²) in [5, 5.41) is 29.6. The summed E-state index contributed by atoms with van der Waals surface area (Å²) in [4.78, 5) is 40.4. The SMILES string of the molecule is CCC(=O)NC1CS[C@@H]2c3c(OC(C)=O)c(C)c4c(c3[C@H](COC1=O)N1[C@@H]2C2NC(Cc3cc(C)c(OC)c(O)c32)[C@@H]1O)OCO4. The number of phenols is 1. The van der Waals surface area contributed by atoms with E-state index in [1.54, 1.807) is 13.8 Å². The van der Waals surface area contributed by atoms with E-state index in [4.69, 9.17) is 23.7 Å². The highest BCUT2D eigenvalue weighted by Crippen LogP contribution is 2.62. The fourth-order valence-electron chi connectivity index (χ4n) is 7.78. The number of benzene rings is 2. The molecule has 46 heavy (non-hydrogen) atoms. The number of thioether (sulfide) groups is 1. The van der Waals surface area contributed by atoms with Crippen LogP contribution in [0.2, 0.25) is 0 Å². The number of carbonyl (C=O) groups is 3. The average molecular weight is 656 g/mol. The lowest BCUT2D eigenvalue weighted by molar-refractivity contribution is -0.160. The van der Waals surface area contributed by atoms with Crippen LogP contribution in [0.1, 0.15) is 71.0 Å². The molecule has 246 valence electrons. The van der Waals surface area contributed by atoms with E-state index in [0.717, 1.165) is 11.1 Å². The first-order valence-corrected chi connectivity index (χ1v) is 16.4. The van der Waals surface area contributed by atoms with Gasteiger partial charge in [-0.15, -0.1) is 11.8 Å². The van der Waals surface area contributed by atoms with Crippen LogP contribution >= 0.6 is 11.8 Å². The maximum atomic E-state index is 13.4. The molecule has 0 radical (unpaired) electrons. The molecular formula is C32H37N3O10S. The summed E-state index contributed by atoms with van der Waals surface area (Å²) < 4.78 is 29.4. The van der Waals surface area contributed by atoms with Crippen molar-refractivity contribution < 1.29 is 48.3 Å². The number of fused-ring (bicyclic) bond motifs is 10. The number of amides is 1. The number of aliphatic hydroxyl groups excluding tert-OH is 1. The molecule has 4 N–H and O–H groups in total. The number of phenolic OH excluding ortho intramolecular Hbond substituents is 1. The number of hydrogen-bond acceptors (Lipinski definition) is 13. The van der Waals surface area contributed by atoms with Crippen LogP contribution in [0.4, 0.5) is 0 Å². The summed E-state index contributed by atoms with van der Waals surface area (Å²) in [6.45, 7) is 6.45. The molecule has 0 saturated carbocycles. The summed E-state index contributed by atoms with van der Waals surface area (Å²) in [5.41, 5.74) is 4.17. The van der Waals surface area contributed by atoms with Gasteiger partial charge in [-0.25, -0.2) is 4.79 Å². The number of nitrogens with zero attached hydrogens (tertiary/aromatic N) is 1. The second kappa shape index (κ2) is 11.5. The standard InChI is InChI=1S/C32H37N3O10S/c1-6-19(37)33-17-10-46-30-22-21(29-28(43-11-44-29)13(3)27(22)45-14(4)36)18(9-42-32(17)40)35-24(30)23-20-15(8-16(34-23)31(35)39)7-12(2)26(41-5)25(20)38/h7,16-18,23-24,30-31,34,38-39H,6,8-11H2,1-5H3,(H,33,37)/t16?,17?,18-,23?,24+,30+,31-/m0/s1. The summed E-state index contributed by atoms with van der Waals surface area (Å²) in [7, 11) is 1.51. The van der Waals surface area contributed by atoms with Gasteiger partial charge in [-0.2, -0.15) is 0 Å². The number of rotatable bonds is 4. The Kier molecular flexibility index (Phi) is 7.73. The van der Waals surface area contributed by atoms with E-state index >= 15 is 0 Å². The van der Waals surface area contributed by atoms with Crippen LogP contribution in [0.3, 0.4) is 0 Å². The highest BCUT2D eigenvalue weighted by Gasteiger charge is 2.58. The minimum Gasteiger partial charge on any atom is -0.504 e. The van der Waals surface area contributed by atoms with Gasteiger partial charge < -0.3 is 44.5 Å². The molecule has 14 heteroatoms. The van der Waals surface area contributed by atoms with Crippen LogP contribution in [0.25, 0.3) is 0 Å². The van der Waals surface area contributed by atoms with Crippen LogP contribution in [-0.2, 0) is 25.5 Å². The van der Waals surface area contributed by atoms with E-state index in [9.17, 15) is 24.6 Å². The van der Waals surface area contributed by atoms with Crippen molar-refractivity contribution in [3.63, 3.8) is 0 Å². The predicted molar refractivity (Wildman–Crippen MR) is 164 cm³/mol. The van der Waals surface area contributed by atoms with Crippen molar-refractivity contribution >= 4 is 29.6 Å². The third-order valence-corrected chi connectivity index (χ3v) is 11.0. The second-order valence-electron chi connectivity index (χ2n) is 12.3. The molecule has 6 aliphatic heterocycles. The van der Waals surface area contributed by atoms with E-state index in [0.29, 0.717) is 51.7 Å². The van der Waals surface area contributed by atoms with E-state index in [-0.39, 0.29) is 37.2 Å². The van der Waals surface area contributed by atoms with Gasteiger partial charge in [0.25, 0.3) is 0 Å². The van der Waals surface area contributed by atoms with E-state index < -0.39 is 53.6 Å². The zero-order valence-electron chi connectivity index (χ0n) is 26.2. The van der Waals surface area contributed by atoms with Crippen LogP contribution < -0.4 is 29.6 Å². The maximum absolute atomic E-state index is 13.4. The molecule has 2 aromatic rings. The number of nitrogens with one attached hydrogen (secondary N) is 2. The van der Waals surface area contributed by atoms with Gasteiger partial charge in [-0.1, -0.05) is 13.0 Å². The van der Waals surface area contributed by atoms with Crippen molar-refractivity contribution in [2.75, 3.05) is 26.3 Å². The Morgan fingerprint density at radius 2 is 1.91 bits per heavy atom. The Bertz CT molecular complexity index is 1650. The normalized spacial score (nSPS) is 29.2. The highest BCUT2D eigenvalue weighted by molar-refractivity contribution is 7.99. The first-order chi connectivity index (χ1) is 22.0. The summed E-state index contributed by atoms with van der Waals surface area (Å²) >= 11 is 1.38. The number of carbonyl (C=O) groups excluding carboxylic acids is 3. The molecule has 8 rings (SSSR count). The number of aromatic hydroxyl groups is 1. The zero-order valence-corrected chi connectivity index (χ0v) is 27.0. The number of esters is 2. The summed E-state index contributed by atoms with van der Waals surface area (Å²) in [6, 6.07) is -1.21. The fourth-order valence-corrected chi connectivity index (χ4v) is 9.30. The first-order valence-electron chi connectivity index (χ1n) is 15.4. The molecule has 0 aliphatic carbocycles. The molecule has 0 spiro atoms. The minimum atomic E-state index is -1.04. The zero-order chi connectivity index (χ0) is 32.6. The van der Waals surface area contributed by atoms with Crippen molar-refractivity contribution in [3.05, 3.63) is 39.4 Å². The van der Waals surface area contributed by atoms with E-state index in [1.807, 2.05) is 17.9 Å². The number of aryl methyl sites for hydroxylation is 1. The van der Waals surface area contributed by atoms with Crippen molar-refractivity contribution in [2.24, 2.45) is 0 Å². The largest absolute Gasteiger partial charge is 0.504 e. The van der Waals surface area contributed by atoms with Gasteiger partial charge in [0.15, 0.2) is 23.0 Å². The molecule has 4 bridgehead atoms. The number of aliphatic hydroxyl groups is 1. The third-order valence-electron chi connectivity index (χ3n) is 9.64. The Balaban J connectivity index is 1.49. The van der Waals surface area contributed by atoms with Crippen molar-refractivity contribution in [1.29, 1.82) is 0 Å². The van der Waals surface area contributed by atoms with Crippen LogP contribution in [0, 0.1) is 13.8 Å². The smallest absolute Gasteiger partial charge is 0.329 e. The van der Waals surface area contributed by atoms with Gasteiger partial charge in [0.2, 0.25) is 12.7 Å². The molecule has 0 aromatic heterocycles. The maximum Gasteiger partial charge on any atom is 0.329 e. The Hall–Kier alpha value is -3.72. The fraction of sp³-hybridized carbons (Fsp3) is 0.531. The molecule has 6 aliphatic rings. The Labute approximate surface area is 269 Å². The molecule has 13 nitrogen and oxygen atoms in total. The topological polar surface area (TPSA) is 165 Å². The summed E-state index contributed by atoms with van der Waals surface area (Å²) in [6.07, 6.45) is -0.415. The molecule has 2 fully saturated rings. The van der Waals surface area contributed by atoms with Gasteiger partial charge in [0.1, 0.15) is 24.6 Å². The van der Waals surface area contributed by atoms with E-state index in [2.05, 4.69) is 10.6 Å². The van der Waals surface area contributed by atoms with E-state index in [1.165, 1.54) is 25.8 Å². The lowest BCUT2D eigenvalue weighted by Crippen LogP contribution is -2.69. The molecule has 6 heterocycles. The van der Waals surface area contributed by atoms with Gasteiger partial charge in [0.05, 0.1) is 30.5 Å². The van der Waals surface area contributed by atoms with Gasteiger partial charge in [-0.3, -0.25) is 14.5 Å². The van der Waals surface area contributed by atoms with Crippen LogP contribution in [0.5, 0.6) is 28.7 Å². The first kappa shape index (κ1) is 30.9. The average Bonchev–Trinajstić information content (AvgIpc) is 3.52. The van der Waals surface area contributed by atoms with Crippen molar-refractivity contribution in [3.8, 4) is 28.7 Å². The molecule has 1 amide bonds. The predicted octanol–water partition coefficient (Wildman–Crippen LogP) is 2.21. The number of piperazine rings is 1. The van der Waals surface area contributed by atoms with Crippen molar-refractivity contribution in [2.45, 2.75) is 82.2 Å². The second-order valence-corrected chi connectivity index (χ2v) is 13.4.